The standard InChI is InChI=1S/C19H27FN2O5/c1-13-9-15(17(20)21-10-13)19(3)5-6-22(11-14(19)2)18(25)27-8-4-7-26-12-16(23)24/h9-10,14H,4-8,11-12H2,1-3H3,(H,23,24)/t14-,19-/m0/s1. The van der Waals surface area contributed by atoms with Crippen LogP contribution in [0, 0.1) is 18.8 Å². The fourth-order valence-electron chi connectivity index (χ4n) is 3.33. The predicted octanol–water partition coefficient (Wildman–Crippen LogP) is 2.76. The number of aliphatic carboxylic acids is 1. The smallest absolute Gasteiger partial charge is 0.409 e. The van der Waals surface area contributed by atoms with Gasteiger partial charge in [0.2, 0.25) is 5.95 Å². The molecule has 7 nitrogen and oxygen atoms in total. The molecule has 1 N–H and O–H groups in total. The number of aromatic nitrogens is 1. The number of amides is 1. The number of piperidine rings is 1. The van der Waals surface area contributed by atoms with E-state index in [1.54, 1.807) is 4.90 Å². The molecule has 27 heavy (non-hydrogen) atoms. The molecule has 0 unspecified atom stereocenters. The number of halogens is 1. The maximum absolute atomic E-state index is 14.3. The highest BCUT2D eigenvalue weighted by Crippen LogP contribution is 2.40. The first-order valence-electron chi connectivity index (χ1n) is 9.08. The average Bonchev–Trinajstić information content (AvgIpc) is 2.62. The summed E-state index contributed by atoms with van der Waals surface area (Å²) in [6.07, 6.45) is 2.15. The lowest BCUT2D eigenvalue weighted by Crippen LogP contribution is -2.50. The van der Waals surface area contributed by atoms with Crippen LogP contribution in [0.4, 0.5) is 9.18 Å². The molecule has 0 saturated carbocycles. The molecule has 1 aromatic rings. The van der Waals surface area contributed by atoms with Gasteiger partial charge in [-0.3, -0.25) is 0 Å². The second kappa shape index (κ2) is 9.12. The normalized spacial score (nSPS) is 22.5. The Morgan fingerprint density at radius 1 is 1.44 bits per heavy atom. The Bertz CT molecular complexity index is 684. The highest BCUT2D eigenvalue weighted by atomic mass is 19.1. The van der Waals surface area contributed by atoms with Gasteiger partial charge in [-0.2, -0.15) is 4.39 Å². The van der Waals surface area contributed by atoms with Crippen LogP contribution in [0.25, 0.3) is 0 Å². The molecule has 0 radical (unpaired) electrons. The van der Waals surface area contributed by atoms with Crippen LogP contribution in [0.2, 0.25) is 0 Å². The number of pyridine rings is 1. The van der Waals surface area contributed by atoms with Crippen molar-refractivity contribution in [3.05, 3.63) is 29.3 Å². The second-order valence-electron chi connectivity index (χ2n) is 7.28. The van der Waals surface area contributed by atoms with Crippen molar-refractivity contribution in [3.8, 4) is 0 Å². The lowest BCUT2D eigenvalue weighted by molar-refractivity contribution is -0.142. The van der Waals surface area contributed by atoms with Crippen LogP contribution in [-0.2, 0) is 19.7 Å². The zero-order chi connectivity index (χ0) is 20.0. The molecule has 1 saturated heterocycles. The van der Waals surface area contributed by atoms with Crippen molar-refractivity contribution in [1.82, 2.24) is 9.88 Å². The van der Waals surface area contributed by atoms with Gasteiger partial charge in [0.05, 0.1) is 13.2 Å². The maximum atomic E-state index is 14.3. The largest absolute Gasteiger partial charge is 0.480 e. The minimum Gasteiger partial charge on any atom is -0.480 e. The lowest BCUT2D eigenvalue weighted by Gasteiger charge is -2.44. The molecule has 2 atom stereocenters. The van der Waals surface area contributed by atoms with Crippen molar-refractivity contribution in [2.24, 2.45) is 5.92 Å². The number of aryl methyl sites for hydroxylation is 1. The molecular weight excluding hydrogens is 355 g/mol. The van der Waals surface area contributed by atoms with Crippen LogP contribution in [0.1, 0.15) is 37.8 Å². The zero-order valence-electron chi connectivity index (χ0n) is 16.0. The predicted molar refractivity (Wildman–Crippen MR) is 96.1 cm³/mol. The summed E-state index contributed by atoms with van der Waals surface area (Å²) in [5.74, 6) is -1.44. The van der Waals surface area contributed by atoms with Crippen LogP contribution in [0.15, 0.2) is 12.3 Å². The number of likely N-dealkylation sites (tertiary alicyclic amines) is 1. The number of carbonyl (C=O) groups is 2. The second-order valence-corrected chi connectivity index (χ2v) is 7.28. The van der Waals surface area contributed by atoms with Crippen LogP contribution >= 0.6 is 0 Å². The van der Waals surface area contributed by atoms with E-state index in [1.807, 2.05) is 26.8 Å². The number of carbonyl (C=O) groups excluding carboxylic acids is 1. The molecular formula is C19H27FN2O5. The third-order valence-corrected chi connectivity index (χ3v) is 5.22. The summed E-state index contributed by atoms with van der Waals surface area (Å²) < 4.78 is 24.4. The Morgan fingerprint density at radius 2 is 2.19 bits per heavy atom. The van der Waals surface area contributed by atoms with Gasteiger partial charge >= 0.3 is 12.1 Å². The Labute approximate surface area is 158 Å². The minimum atomic E-state index is -1.03. The van der Waals surface area contributed by atoms with Gasteiger partial charge in [0.1, 0.15) is 6.61 Å². The number of nitrogens with zero attached hydrogens (tertiary/aromatic N) is 2. The van der Waals surface area contributed by atoms with E-state index >= 15 is 0 Å². The Hall–Kier alpha value is -2.22. The van der Waals surface area contributed by atoms with Crippen LogP contribution in [0.3, 0.4) is 0 Å². The van der Waals surface area contributed by atoms with Gasteiger partial charge in [0, 0.05) is 36.7 Å². The number of carboxylic acids is 1. The van der Waals surface area contributed by atoms with Gasteiger partial charge in [0.15, 0.2) is 0 Å². The maximum Gasteiger partial charge on any atom is 0.409 e. The minimum absolute atomic E-state index is 0.0378. The van der Waals surface area contributed by atoms with Crippen molar-refractivity contribution in [1.29, 1.82) is 0 Å². The molecule has 8 heteroatoms. The quantitative estimate of drug-likeness (QED) is 0.576. The third-order valence-electron chi connectivity index (χ3n) is 5.22. The number of hydrogen-bond donors (Lipinski definition) is 1. The van der Waals surface area contributed by atoms with Gasteiger partial charge in [-0.15, -0.1) is 0 Å². The molecule has 0 spiro atoms. The first-order chi connectivity index (χ1) is 12.7. The molecule has 1 amide bonds. The molecule has 1 aliphatic heterocycles. The van der Waals surface area contributed by atoms with Crippen LogP contribution in [-0.4, -0.2) is 60.0 Å². The van der Waals surface area contributed by atoms with E-state index in [2.05, 4.69) is 4.98 Å². The van der Waals surface area contributed by atoms with Crippen LogP contribution < -0.4 is 0 Å². The van der Waals surface area contributed by atoms with Crippen molar-refractivity contribution in [2.45, 2.75) is 39.0 Å². The molecule has 0 aliphatic carbocycles. The number of ether oxygens (including phenoxy) is 2. The summed E-state index contributed by atoms with van der Waals surface area (Å²) in [6.45, 7) is 6.86. The number of hydrogen-bond acceptors (Lipinski definition) is 5. The van der Waals surface area contributed by atoms with Crippen molar-refractivity contribution in [3.63, 3.8) is 0 Å². The van der Waals surface area contributed by atoms with Gasteiger partial charge in [-0.05, 0) is 30.9 Å². The molecule has 2 heterocycles. The summed E-state index contributed by atoms with van der Waals surface area (Å²) in [5, 5.41) is 8.47. The summed E-state index contributed by atoms with van der Waals surface area (Å²) in [5.41, 5.74) is 1.11. The van der Waals surface area contributed by atoms with Gasteiger partial charge < -0.3 is 19.5 Å². The number of carboxylic acid groups (broad SMARTS) is 1. The van der Waals surface area contributed by atoms with Crippen LogP contribution in [0.5, 0.6) is 0 Å². The molecule has 0 aromatic carbocycles. The number of rotatable bonds is 7. The SMILES string of the molecule is Cc1cnc(F)c([C@@]2(C)CCN(C(=O)OCCCOCC(=O)O)C[C@@H]2C)c1. The van der Waals surface area contributed by atoms with Gasteiger partial charge in [-0.1, -0.05) is 13.8 Å². The summed E-state index contributed by atoms with van der Waals surface area (Å²) in [7, 11) is 0. The molecule has 2 rings (SSSR count). The summed E-state index contributed by atoms with van der Waals surface area (Å²) in [6, 6.07) is 1.84. The molecule has 1 fully saturated rings. The van der Waals surface area contributed by atoms with E-state index in [4.69, 9.17) is 14.6 Å². The van der Waals surface area contributed by atoms with Crippen molar-refractivity contribution in [2.75, 3.05) is 32.9 Å². The average molecular weight is 382 g/mol. The van der Waals surface area contributed by atoms with E-state index in [0.717, 1.165) is 5.56 Å². The van der Waals surface area contributed by atoms with E-state index in [0.29, 0.717) is 31.5 Å². The first kappa shape index (κ1) is 21.1. The first-order valence-corrected chi connectivity index (χ1v) is 9.08. The zero-order valence-corrected chi connectivity index (χ0v) is 16.0. The van der Waals surface area contributed by atoms with Crippen molar-refractivity contribution >= 4 is 12.1 Å². The summed E-state index contributed by atoms with van der Waals surface area (Å²) in [4.78, 5) is 28.0. The highest BCUT2D eigenvalue weighted by molar-refractivity contribution is 5.68. The van der Waals surface area contributed by atoms with E-state index < -0.39 is 23.4 Å². The topological polar surface area (TPSA) is 89.0 Å². The lowest BCUT2D eigenvalue weighted by atomic mass is 9.68. The molecule has 1 aliphatic rings. The van der Waals surface area contributed by atoms with Gasteiger partial charge in [-0.25, -0.2) is 14.6 Å². The van der Waals surface area contributed by atoms with E-state index in [9.17, 15) is 14.0 Å². The van der Waals surface area contributed by atoms with Crippen molar-refractivity contribution < 1.29 is 28.6 Å². The Kier molecular flexibility index (Phi) is 7.12. The molecule has 0 bridgehead atoms. The van der Waals surface area contributed by atoms with Gasteiger partial charge in [0.25, 0.3) is 0 Å². The summed E-state index contributed by atoms with van der Waals surface area (Å²) >= 11 is 0. The fraction of sp³-hybridized carbons (Fsp3) is 0.632. The Morgan fingerprint density at radius 3 is 2.85 bits per heavy atom. The van der Waals surface area contributed by atoms with E-state index in [1.165, 1.54) is 6.20 Å². The Balaban J connectivity index is 1.86. The molecule has 150 valence electrons. The molecule has 1 aromatic heterocycles. The van der Waals surface area contributed by atoms with E-state index in [-0.39, 0.29) is 25.7 Å². The monoisotopic (exact) mass is 382 g/mol. The highest BCUT2D eigenvalue weighted by Gasteiger charge is 2.41. The fourth-order valence-corrected chi connectivity index (χ4v) is 3.33. The third kappa shape index (κ3) is 5.38.